The molecule has 10 heteroatoms. The number of carbonyl (C=O) groups excluding carboxylic acids is 1. The minimum absolute atomic E-state index is 0.0324. The van der Waals surface area contributed by atoms with Crippen molar-refractivity contribution in [2.45, 2.75) is 19.4 Å². The number of aromatic nitrogens is 3. The number of carbonyl (C=O) groups is 1. The van der Waals surface area contributed by atoms with Gasteiger partial charge >= 0.3 is 0 Å². The molecule has 1 amide bonds. The highest BCUT2D eigenvalue weighted by atomic mass is 32.1. The van der Waals surface area contributed by atoms with E-state index in [2.05, 4.69) is 55.7 Å². The van der Waals surface area contributed by atoms with Gasteiger partial charge in [-0.2, -0.15) is 0 Å². The van der Waals surface area contributed by atoms with Gasteiger partial charge in [-0.25, -0.2) is 15.0 Å². The molecule has 2 aromatic carbocycles. The van der Waals surface area contributed by atoms with E-state index in [1.807, 2.05) is 42.9 Å². The van der Waals surface area contributed by atoms with E-state index in [-0.39, 0.29) is 11.9 Å². The molecule has 2 aromatic heterocycles. The molecule has 2 aliphatic rings. The van der Waals surface area contributed by atoms with Crippen LogP contribution in [0.1, 0.15) is 22.4 Å². The van der Waals surface area contributed by atoms with Crippen LogP contribution in [-0.2, 0) is 16.0 Å². The molecule has 1 aliphatic carbocycles. The SMILES string of the molecule is COC[C@H](C(=O)Nc1cccc2c1CC=C2c1nc(Nc2ccc3scnc3c2)ncc1C)N1CCN(C)CC1. The van der Waals surface area contributed by atoms with Crippen LogP contribution in [0.5, 0.6) is 0 Å². The number of methoxy groups -OCH3 is 1. The van der Waals surface area contributed by atoms with Gasteiger partial charge in [0.2, 0.25) is 11.9 Å². The molecule has 0 saturated carbocycles. The number of fused-ring (bicyclic) bond motifs is 2. The Morgan fingerprint density at radius 3 is 2.83 bits per heavy atom. The van der Waals surface area contributed by atoms with Crippen molar-refractivity contribution < 1.29 is 9.53 Å². The van der Waals surface area contributed by atoms with Crippen molar-refractivity contribution in [3.8, 4) is 0 Å². The molecular formula is C30H33N7O2S. The fourth-order valence-corrected chi connectivity index (χ4v) is 6.07. The molecule has 40 heavy (non-hydrogen) atoms. The first-order valence-electron chi connectivity index (χ1n) is 13.5. The Bertz CT molecular complexity index is 1580. The molecule has 0 radical (unpaired) electrons. The molecule has 0 unspecified atom stereocenters. The van der Waals surface area contributed by atoms with Gasteiger partial charge in [-0.05, 0) is 61.3 Å². The molecule has 1 aliphatic heterocycles. The zero-order chi connectivity index (χ0) is 27.6. The lowest BCUT2D eigenvalue weighted by Gasteiger charge is -2.36. The molecule has 2 N–H and O–H groups in total. The normalized spacial score (nSPS) is 16.5. The lowest BCUT2D eigenvalue weighted by Crippen LogP contribution is -2.54. The number of rotatable bonds is 8. The standard InChI is InChI=1S/C30H33N7O2S/c1-19-16-31-30(33-20-7-10-27-25(15-20)32-18-40-27)35-28(19)23-9-8-22-21(23)5-4-6-24(22)34-29(38)26(17-39-3)37-13-11-36(2)12-14-37/h4-7,9-10,15-16,18,26H,8,11-14,17H2,1-3H3,(H,34,38)(H,31,33,35)/t26-/m1/s1. The number of piperazine rings is 1. The molecule has 1 atom stereocenters. The molecule has 4 aromatic rings. The van der Waals surface area contributed by atoms with Crippen molar-refractivity contribution in [1.82, 2.24) is 24.8 Å². The maximum atomic E-state index is 13.5. The number of hydrogen-bond donors (Lipinski definition) is 2. The highest BCUT2D eigenvalue weighted by molar-refractivity contribution is 7.16. The maximum Gasteiger partial charge on any atom is 0.244 e. The number of hydrogen-bond acceptors (Lipinski definition) is 9. The summed E-state index contributed by atoms with van der Waals surface area (Å²) >= 11 is 1.62. The molecule has 1 saturated heterocycles. The summed E-state index contributed by atoms with van der Waals surface area (Å²) in [6.45, 7) is 5.96. The second-order valence-corrected chi connectivity index (χ2v) is 11.2. The van der Waals surface area contributed by atoms with Gasteiger partial charge < -0.3 is 20.3 Å². The zero-order valence-electron chi connectivity index (χ0n) is 23.0. The molecule has 9 nitrogen and oxygen atoms in total. The van der Waals surface area contributed by atoms with E-state index < -0.39 is 0 Å². The smallest absolute Gasteiger partial charge is 0.244 e. The van der Waals surface area contributed by atoms with Crippen LogP contribution in [0.2, 0.25) is 0 Å². The van der Waals surface area contributed by atoms with Crippen molar-refractivity contribution in [1.29, 1.82) is 0 Å². The molecule has 0 bridgehead atoms. The van der Waals surface area contributed by atoms with E-state index in [0.717, 1.165) is 82.1 Å². The maximum absolute atomic E-state index is 13.5. The summed E-state index contributed by atoms with van der Waals surface area (Å²) in [5.41, 5.74) is 9.63. The van der Waals surface area contributed by atoms with Crippen molar-refractivity contribution >= 4 is 50.4 Å². The van der Waals surface area contributed by atoms with Crippen molar-refractivity contribution in [2.75, 3.05) is 57.6 Å². The molecule has 1 fully saturated rings. The summed E-state index contributed by atoms with van der Waals surface area (Å²) in [7, 11) is 3.76. The quantitative estimate of drug-likeness (QED) is 0.332. The Balaban J connectivity index is 1.22. The first-order chi connectivity index (χ1) is 19.5. The third-order valence-corrected chi connectivity index (χ3v) is 8.46. The van der Waals surface area contributed by atoms with Gasteiger partial charge in [0.1, 0.15) is 6.04 Å². The van der Waals surface area contributed by atoms with Crippen LogP contribution in [0, 0.1) is 6.92 Å². The third-order valence-electron chi connectivity index (χ3n) is 7.65. The summed E-state index contributed by atoms with van der Waals surface area (Å²) in [4.78, 5) is 31.8. The predicted molar refractivity (Wildman–Crippen MR) is 160 cm³/mol. The lowest BCUT2D eigenvalue weighted by molar-refractivity contribution is -0.124. The first kappa shape index (κ1) is 26.5. The van der Waals surface area contributed by atoms with Crippen LogP contribution in [-0.4, -0.2) is 83.6 Å². The van der Waals surface area contributed by atoms with E-state index in [1.165, 1.54) is 0 Å². The summed E-state index contributed by atoms with van der Waals surface area (Å²) in [5.74, 6) is 0.499. The third kappa shape index (κ3) is 5.35. The Labute approximate surface area is 237 Å². The number of nitrogens with one attached hydrogen (secondary N) is 2. The number of thiazole rings is 1. The van der Waals surface area contributed by atoms with E-state index in [0.29, 0.717) is 12.6 Å². The van der Waals surface area contributed by atoms with E-state index >= 15 is 0 Å². The second-order valence-electron chi connectivity index (χ2n) is 10.3. The number of allylic oxidation sites excluding steroid dienone is 1. The second kappa shape index (κ2) is 11.4. The van der Waals surface area contributed by atoms with E-state index in [9.17, 15) is 4.79 Å². The van der Waals surface area contributed by atoms with Crippen LogP contribution >= 0.6 is 11.3 Å². The van der Waals surface area contributed by atoms with Gasteiger partial charge in [0.25, 0.3) is 0 Å². The number of aryl methyl sites for hydroxylation is 1. The van der Waals surface area contributed by atoms with Crippen molar-refractivity contribution in [2.24, 2.45) is 0 Å². The topological polar surface area (TPSA) is 95.5 Å². The molecule has 0 spiro atoms. The predicted octanol–water partition coefficient (Wildman–Crippen LogP) is 4.33. The zero-order valence-corrected chi connectivity index (χ0v) is 23.8. The minimum atomic E-state index is -0.329. The largest absolute Gasteiger partial charge is 0.383 e. The minimum Gasteiger partial charge on any atom is -0.383 e. The number of ether oxygens (including phenoxy) is 1. The summed E-state index contributed by atoms with van der Waals surface area (Å²) in [5, 5.41) is 6.56. The van der Waals surface area contributed by atoms with Crippen LogP contribution in [0.3, 0.4) is 0 Å². The van der Waals surface area contributed by atoms with Crippen LogP contribution in [0.4, 0.5) is 17.3 Å². The first-order valence-corrected chi connectivity index (χ1v) is 14.4. The molecule has 6 rings (SSSR count). The number of amides is 1. The van der Waals surface area contributed by atoms with Crippen LogP contribution in [0.15, 0.2) is 54.2 Å². The van der Waals surface area contributed by atoms with E-state index in [4.69, 9.17) is 9.72 Å². The van der Waals surface area contributed by atoms with E-state index in [1.54, 1.807) is 18.4 Å². The van der Waals surface area contributed by atoms with Crippen LogP contribution < -0.4 is 10.6 Å². The highest BCUT2D eigenvalue weighted by Gasteiger charge is 2.30. The monoisotopic (exact) mass is 555 g/mol. The number of anilines is 3. The summed E-state index contributed by atoms with van der Waals surface area (Å²) < 4.78 is 6.59. The Morgan fingerprint density at radius 1 is 1.15 bits per heavy atom. The molecular weight excluding hydrogens is 522 g/mol. The highest BCUT2D eigenvalue weighted by Crippen LogP contribution is 2.37. The number of likely N-dealkylation sites (N-methyl/N-ethyl adjacent to an activating group) is 1. The fraction of sp³-hybridized carbons (Fsp3) is 0.333. The Morgan fingerprint density at radius 2 is 2.00 bits per heavy atom. The van der Waals surface area contributed by atoms with Gasteiger partial charge in [-0.15, -0.1) is 11.3 Å². The lowest BCUT2D eigenvalue weighted by atomic mass is 9.99. The van der Waals surface area contributed by atoms with Gasteiger partial charge in [0, 0.05) is 56.4 Å². The number of benzene rings is 2. The number of nitrogens with zero attached hydrogens (tertiary/aromatic N) is 5. The molecule has 3 heterocycles. The van der Waals surface area contributed by atoms with Gasteiger partial charge in [-0.1, -0.05) is 18.2 Å². The van der Waals surface area contributed by atoms with Crippen LogP contribution in [0.25, 0.3) is 15.8 Å². The summed E-state index contributed by atoms with van der Waals surface area (Å²) in [6, 6.07) is 11.8. The van der Waals surface area contributed by atoms with Crippen molar-refractivity contribution in [3.05, 3.63) is 76.6 Å². The summed E-state index contributed by atoms with van der Waals surface area (Å²) in [6.07, 6.45) is 4.76. The fourth-order valence-electron chi connectivity index (χ4n) is 5.41. The van der Waals surface area contributed by atoms with Crippen molar-refractivity contribution in [3.63, 3.8) is 0 Å². The Hall–Kier alpha value is -3.70. The van der Waals surface area contributed by atoms with Gasteiger partial charge in [0.05, 0.1) is 28.0 Å². The average Bonchev–Trinajstić information content (AvgIpc) is 3.61. The molecule has 206 valence electrons. The Kier molecular flexibility index (Phi) is 7.57. The average molecular weight is 556 g/mol. The van der Waals surface area contributed by atoms with Gasteiger partial charge in [0.15, 0.2) is 0 Å². The van der Waals surface area contributed by atoms with Gasteiger partial charge in [-0.3, -0.25) is 9.69 Å².